The van der Waals surface area contributed by atoms with Crippen molar-refractivity contribution in [1.82, 2.24) is 4.90 Å². The maximum Gasteiger partial charge on any atom is 0.285 e. The molecule has 0 aliphatic heterocycles. The molecule has 1 aliphatic rings. The summed E-state index contributed by atoms with van der Waals surface area (Å²) < 4.78 is 28.5. The SMILES string of the molecule is N#CCN(CC(F)(F)c1ccccc1)C1CCCC1. The lowest BCUT2D eigenvalue weighted by molar-refractivity contribution is -0.0441. The summed E-state index contributed by atoms with van der Waals surface area (Å²) in [5.74, 6) is -2.90. The van der Waals surface area contributed by atoms with Crippen molar-refractivity contribution < 1.29 is 8.78 Å². The van der Waals surface area contributed by atoms with Gasteiger partial charge in [0.15, 0.2) is 0 Å². The van der Waals surface area contributed by atoms with Crippen molar-refractivity contribution in [3.8, 4) is 6.07 Å². The van der Waals surface area contributed by atoms with Gasteiger partial charge in [0.1, 0.15) is 0 Å². The molecule has 102 valence electrons. The maximum atomic E-state index is 14.2. The topological polar surface area (TPSA) is 27.0 Å². The number of benzene rings is 1. The van der Waals surface area contributed by atoms with Crippen molar-refractivity contribution in [1.29, 1.82) is 5.26 Å². The Labute approximate surface area is 112 Å². The van der Waals surface area contributed by atoms with Crippen LogP contribution < -0.4 is 0 Å². The monoisotopic (exact) mass is 264 g/mol. The van der Waals surface area contributed by atoms with Gasteiger partial charge >= 0.3 is 0 Å². The third-order valence-corrected chi connectivity index (χ3v) is 3.71. The van der Waals surface area contributed by atoms with E-state index in [-0.39, 0.29) is 24.7 Å². The van der Waals surface area contributed by atoms with Crippen LogP contribution in [0, 0.1) is 11.3 Å². The van der Waals surface area contributed by atoms with Gasteiger partial charge in [0.2, 0.25) is 0 Å². The number of nitrogens with zero attached hydrogens (tertiary/aromatic N) is 2. The lowest BCUT2D eigenvalue weighted by Crippen LogP contribution is -2.41. The van der Waals surface area contributed by atoms with E-state index in [0.717, 1.165) is 25.7 Å². The molecule has 19 heavy (non-hydrogen) atoms. The molecule has 2 nitrogen and oxygen atoms in total. The average Bonchev–Trinajstić information content (AvgIpc) is 2.93. The Kier molecular flexibility index (Phi) is 4.49. The highest BCUT2D eigenvalue weighted by atomic mass is 19.3. The van der Waals surface area contributed by atoms with Gasteiger partial charge in [0.25, 0.3) is 5.92 Å². The van der Waals surface area contributed by atoms with Crippen LogP contribution in [-0.4, -0.2) is 24.0 Å². The standard InChI is InChI=1S/C15H18F2N2/c16-15(17,13-6-2-1-3-7-13)12-19(11-10-18)14-8-4-5-9-14/h1-3,6-7,14H,4-5,8-9,11-12H2. The van der Waals surface area contributed by atoms with Crippen molar-refractivity contribution >= 4 is 0 Å². The van der Waals surface area contributed by atoms with Gasteiger partial charge < -0.3 is 0 Å². The third kappa shape index (κ3) is 3.51. The summed E-state index contributed by atoms with van der Waals surface area (Å²) in [6.07, 6.45) is 3.99. The van der Waals surface area contributed by atoms with Crippen LogP contribution in [0.1, 0.15) is 31.2 Å². The van der Waals surface area contributed by atoms with E-state index in [1.54, 1.807) is 23.1 Å². The Morgan fingerprint density at radius 3 is 2.42 bits per heavy atom. The molecule has 0 aromatic heterocycles. The Bertz CT molecular complexity index is 433. The molecule has 0 saturated heterocycles. The van der Waals surface area contributed by atoms with E-state index in [2.05, 4.69) is 0 Å². The van der Waals surface area contributed by atoms with Crippen molar-refractivity contribution in [3.63, 3.8) is 0 Å². The summed E-state index contributed by atoms with van der Waals surface area (Å²) in [4.78, 5) is 1.64. The Hall–Kier alpha value is -1.47. The molecule has 1 saturated carbocycles. The Morgan fingerprint density at radius 1 is 1.21 bits per heavy atom. The highest BCUT2D eigenvalue weighted by Gasteiger charge is 2.36. The zero-order valence-electron chi connectivity index (χ0n) is 10.9. The number of halogens is 2. The van der Waals surface area contributed by atoms with Crippen molar-refractivity contribution in [2.24, 2.45) is 0 Å². The second kappa shape index (κ2) is 6.12. The zero-order chi connectivity index (χ0) is 13.7. The molecule has 1 aliphatic carbocycles. The van der Waals surface area contributed by atoms with E-state index in [0.29, 0.717) is 0 Å². The van der Waals surface area contributed by atoms with E-state index in [1.165, 1.54) is 12.1 Å². The fourth-order valence-corrected chi connectivity index (χ4v) is 2.70. The minimum Gasteiger partial charge on any atom is -0.281 e. The molecule has 0 amide bonds. The highest BCUT2D eigenvalue weighted by Crippen LogP contribution is 2.32. The molecule has 0 spiro atoms. The molecule has 2 rings (SSSR count). The quantitative estimate of drug-likeness (QED) is 0.760. The fraction of sp³-hybridized carbons (Fsp3) is 0.533. The maximum absolute atomic E-state index is 14.2. The summed E-state index contributed by atoms with van der Waals surface area (Å²) >= 11 is 0. The molecule has 0 radical (unpaired) electrons. The minimum absolute atomic E-state index is 0.0240. The molecule has 0 heterocycles. The molecule has 1 aromatic carbocycles. The Balaban J connectivity index is 2.09. The second-order valence-electron chi connectivity index (χ2n) is 5.07. The molecular weight excluding hydrogens is 246 g/mol. The smallest absolute Gasteiger partial charge is 0.281 e. The number of hydrogen-bond donors (Lipinski definition) is 0. The van der Waals surface area contributed by atoms with Crippen LogP contribution in [0.25, 0.3) is 0 Å². The lowest BCUT2D eigenvalue weighted by atomic mass is 10.1. The number of nitriles is 1. The summed E-state index contributed by atoms with van der Waals surface area (Å²) in [6, 6.07) is 9.99. The molecule has 0 atom stereocenters. The van der Waals surface area contributed by atoms with E-state index < -0.39 is 5.92 Å². The predicted octanol–water partition coefficient (Wildman–Crippen LogP) is 3.55. The van der Waals surface area contributed by atoms with Crippen LogP contribution in [0.4, 0.5) is 8.78 Å². The normalized spacial score (nSPS) is 16.7. The zero-order valence-corrected chi connectivity index (χ0v) is 10.9. The van der Waals surface area contributed by atoms with Gasteiger partial charge in [-0.2, -0.15) is 14.0 Å². The van der Waals surface area contributed by atoms with E-state index in [1.807, 2.05) is 6.07 Å². The van der Waals surface area contributed by atoms with Crippen molar-refractivity contribution in [2.45, 2.75) is 37.6 Å². The third-order valence-electron chi connectivity index (χ3n) is 3.71. The van der Waals surface area contributed by atoms with Gasteiger partial charge in [-0.1, -0.05) is 43.2 Å². The fourth-order valence-electron chi connectivity index (χ4n) is 2.70. The van der Waals surface area contributed by atoms with Gasteiger partial charge in [-0.25, -0.2) is 0 Å². The van der Waals surface area contributed by atoms with E-state index >= 15 is 0 Å². The molecule has 0 unspecified atom stereocenters. The van der Waals surface area contributed by atoms with Crippen LogP contribution in [0.5, 0.6) is 0 Å². The van der Waals surface area contributed by atoms with Gasteiger partial charge in [-0.05, 0) is 12.8 Å². The molecule has 0 bridgehead atoms. The summed E-state index contributed by atoms with van der Waals surface area (Å²) in [6.45, 7) is -0.289. The molecule has 1 fully saturated rings. The Morgan fingerprint density at radius 2 is 1.84 bits per heavy atom. The number of rotatable bonds is 5. The first-order chi connectivity index (χ1) is 9.13. The van der Waals surface area contributed by atoms with Crippen molar-refractivity contribution in [2.75, 3.05) is 13.1 Å². The highest BCUT2D eigenvalue weighted by molar-refractivity contribution is 5.20. The predicted molar refractivity (Wildman–Crippen MR) is 69.8 cm³/mol. The van der Waals surface area contributed by atoms with Crippen LogP contribution in [0.15, 0.2) is 30.3 Å². The number of alkyl halides is 2. The molecule has 4 heteroatoms. The second-order valence-corrected chi connectivity index (χ2v) is 5.07. The van der Waals surface area contributed by atoms with Gasteiger partial charge in [0.05, 0.1) is 19.2 Å². The molecular formula is C15H18F2N2. The number of hydrogen-bond acceptors (Lipinski definition) is 2. The molecule has 1 aromatic rings. The first-order valence-electron chi connectivity index (χ1n) is 6.68. The summed E-state index contributed by atoms with van der Waals surface area (Å²) in [5.41, 5.74) is 0.0240. The summed E-state index contributed by atoms with van der Waals surface area (Å²) in [7, 11) is 0. The lowest BCUT2D eigenvalue weighted by Gasteiger charge is -2.30. The van der Waals surface area contributed by atoms with Crippen LogP contribution in [0.3, 0.4) is 0 Å². The first-order valence-corrected chi connectivity index (χ1v) is 6.68. The van der Waals surface area contributed by atoms with Crippen LogP contribution in [0.2, 0.25) is 0 Å². The minimum atomic E-state index is -2.90. The van der Waals surface area contributed by atoms with Crippen LogP contribution >= 0.6 is 0 Å². The van der Waals surface area contributed by atoms with Crippen molar-refractivity contribution in [3.05, 3.63) is 35.9 Å². The molecule has 0 N–H and O–H groups in total. The van der Waals surface area contributed by atoms with Crippen LogP contribution in [-0.2, 0) is 5.92 Å². The van der Waals surface area contributed by atoms with Gasteiger partial charge in [0, 0.05) is 11.6 Å². The largest absolute Gasteiger partial charge is 0.285 e. The van der Waals surface area contributed by atoms with Gasteiger partial charge in [-0.15, -0.1) is 0 Å². The first kappa shape index (κ1) is 14.0. The van der Waals surface area contributed by atoms with E-state index in [4.69, 9.17) is 5.26 Å². The average molecular weight is 264 g/mol. The van der Waals surface area contributed by atoms with Gasteiger partial charge in [-0.3, -0.25) is 4.90 Å². The summed E-state index contributed by atoms with van der Waals surface area (Å²) in [5, 5.41) is 8.83. The van der Waals surface area contributed by atoms with E-state index in [9.17, 15) is 8.78 Å².